The molecule has 3 fully saturated rings. The summed E-state index contributed by atoms with van der Waals surface area (Å²) >= 11 is 0. The average molecular weight is 269 g/mol. The maximum Gasteiger partial charge on any atom is 0.0595 e. The van der Waals surface area contributed by atoms with Crippen LogP contribution in [0.4, 0.5) is 0 Å². The molecule has 3 rings (SSSR count). The highest BCUT2D eigenvalue weighted by molar-refractivity contribution is 4.80. The van der Waals surface area contributed by atoms with Crippen molar-refractivity contribution in [2.75, 3.05) is 46.4 Å². The van der Waals surface area contributed by atoms with E-state index in [1.54, 1.807) is 7.11 Å². The molecule has 0 amide bonds. The summed E-state index contributed by atoms with van der Waals surface area (Å²) in [5.41, 5.74) is 0. The van der Waals surface area contributed by atoms with Crippen LogP contribution in [0.1, 0.15) is 38.5 Å². The predicted molar refractivity (Wildman–Crippen MR) is 79.6 cm³/mol. The van der Waals surface area contributed by atoms with E-state index in [1.165, 1.54) is 64.7 Å². The van der Waals surface area contributed by atoms with Crippen molar-refractivity contribution in [3.05, 3.63) is 0 Å². The van der Waals surface area contributed by atoms with E-state index in [4.69, 9.17) is 4.74 Å². The molecule has 0 aromatic carbocycles. The van der Waals surface area contributed by atoms with Gasteiger partial charge in [-0.25, -0.2) is 0 Å². The summed E-state index contributed by atoms with van der Waals surface area (Å²) in [4.78, 5) is 2.67. The molecule has 0 atom stereocenters. The van der Waals surface area contributed by atoms with Crippen LogP contribution in [0.2, 0.25) is 0 Å². The second kappa shape index (κ2) is 8.90. The fraction of sp³-hybridized carbons (Fsp3) is 1.00. The molecule has 0 spiro atoms. The SMILES string of the molecule is C1CCC(N2CCNCC2)C1.COC1CCNCC1. The molecule has 4 heteroatoms. The zero-order valence-electron chi connectivity index (χ0n) is 12.5. The molecule has 1 saturated carbocycles. The Bertz CT molecular complexity index is 219. The van der Waals surface area contributed by atoms with Gasteiger partial charge >= 0.3 is 0 Å². The van der Waals surface area contributed by atoms with Crippen molar-refractivity contribution in [3.63, 3.8) is 0 Å². The van der Waals surface area contributed by atoms with Gasteiger partial charge in [0.25, 0.3) is 0 Å². The summed E-state index contributed by atoms with van der Waals surface area (Å²) in [6.07, 6.45) is 8.73. The van der Waals surface area contributed by atoms with Crippen molar-refractivity contribution in [1.29, 1.82) is 0 Å². The summed E-state index contributed by atoms with van der Waals surface area (Å²) < 4.78 is 5.15. The second-order valence-corrected chi connectivity index (χ2v) is 5.91. The first-order valence-corrected chi connectivity index (χ1v) is 8.08. The lowest BCUT2D eigenvalue weighted by atomic mass is 10.1. The van der Waals surface area contributed by atoms with E-state index in [0.29, 0.717) is 6.10 Å². The minimum Gasteiger partial charge on any atom is -0.381 e. The van der Waals surface area contributed by atoms with Crippen LogP contribution >= 0.6 is 0 Å². The normalized spacial score (nSPS) is 27.0. The molecule has 3 aliphatic rings. The van der Waals surface area contributed by atoms with Crippen molar-refractivity contribution in [3.8, 4) is 0 Å². The van der Waals surface area contributed by atoms with E-state index in [0.717, 1.165) is 19.1 Å². The molecule has 0 unspecified atom stereocenters. The maximum atomic E-state index is 5.15. The molecular formula is C15H31N3O. The van der Waals surface area contributed by atoms with Crippen molar-refractivity contribution in [1.82, 2.24) is 15.5 Å². The molecule has 19 heavy (non-hydrogen) atoms. The zero-order chi connectivity index (χ0) is 13.3. The maximum absolute atomic E-state index is 5.15. The topological polar surface area (TPSA) is 36.5 Å². The van der Waals surface area contributed by atoms with Gasteiger partial charge in [0, 0.05) is 39.3 Å². The van der Waals surface area contributed by atoms with Gasteiger partial charge in [-0.3, -0.25) is 4.90 Å². The van der Waals surface area contributed by atoms with Crippen molar-refractivity contribution in [2.24, 2.45) is 0 Å². The summed E-state index contributed by atoms with van der Waals surface area (Å²) in [7, 11) is 1.79. The van der Waals surface area contributed by atoms with Crippen LogP contribution in [0.5, 0.6) is 0 Å². The Balaban J connectivity index is 0.000000148. The highest BCUT2D eigenvalue weighted by Gasteiger charge is 2.22. The number of piperazine rings is 1. The van der Waals surface area contributed by atoms with Crippen LogP contribution in [-0.2, 0) is 4.74 Å². The van der Waals surface area contributed by atoms with Crippen molar-refractivity contribution in [2.45, 2.75) is 50.7 Å². The van der Waals surface area contributed by atoms with Gasteiger partial charge in [-0.1, -0.05) is 12.8 Å². The molecule has 0 aromatic rings. The lowest BCUT2D eigenvalue weighted by molar-refractivity contribution is 0.0765. The lowest BCUT2D eigenvalue weighted by Crippen LogP contribution is -2.47. The first-order chi connectivity index (χ1) is 9.40. The fourth-order valence-corrected chi connectivity index (χ4v) is 3.35. The van der Waals surface area contributed by atoms with Gasteiger partial charge in [0.1, 0.15) is 0 Å². The number of hydrogen-bond donors (Lipinski definition) is 2. The fourth-order valence-electron chi connectivity index (χ4n) is 3.35. The molecule has 2 saturated heterocycles. The number of hydrogen-bond acceptors (Lipinski definition) is 4. The molecule has 1 aliphatic carbocycles. The standard InChI is InChI=1S/C9H18N2.C6H13NO/c1-2-4-9(3-1)11-7-5-10-6-8-11;1-8-6-2-4-7-5-3-6/h9-10H,1-8H2;6-7H,2-5H2,1H3. The number of nitrogens with one attached hydrogen (secondary N) is 2. The van der Waals surface area contributed by atoms with Gasteiger partial charge in [-0.15, -0.1) is 0 Å². The third kappa shape index (κ3) is 5.38. The molecule has 4 nitrogen and oxygen atoms in total. The number of piperidine rings is 1. The minimum atomic E-state index is 0.524. The van der Waals surface area contributed by atoms with Crippen molar-refractivity contribution < 1.29 is 4.74 Å². The third-order valence-corrected chi connectivity index (χ3v) is 4.61. The number of methoxy groups -OCH3 is 1. The van der Waals surface area contributed by atoms with Gasteiger partial charge in [-0.05, 0) is 38.8 Å². The average Bonchev–Trinajstić information content (AvgIpc) is 3.04. The lowest BCUT2D eigenvalue weighted by Gasteiger charge is -2.32. The van der Waals surface area contributed by atoms with Gasteiger partial charge in [0.05, 0.1) is 6.10 Å². The number of nitrogens with zero attached hydrogens (tertiary/aromatic N) is 1. The molecule has 2 heterocycles. The van der Waals surface area contributed by atoms with Crippen LogP contribution in [0, 0.1) is 0 Å². The smallest absolute Gasteiger partial charge is 0.0595 e. The first-order valence-electron chi connectivity index (χ1n) is 8.08. The van der Waals surface area contributed by atoms with Crippen LogP contribution in [-0.4, -0.2) is 63.4 Å². The number of rotatable bonds is 2. The molecule has 0 bridgehead atoms. The van der Waals surface area contributed by atoms with Crippen LogP contribution in [0.25, 0.3) is 0 Å². The quantitative estimate of drug-likeness (QED) is 0.790. The van der Waals surface area contributed by atoms with E-state index < -0.39 is 0 Å². The predicted octanol–water partition coefficient (Wildman–Crippen LogP) is 1.22. The Morgan fingerprint density at radius 3 is 1.95 bits per heavy atom. The Morgan fingerprint density at radius 1 is 0.842 bits per heavy atom. The van der Waals surface area contributed by atoms with Crippen molar-refractivity contribution >= 4 is 0 Å². The largest absolute Gasteiger partial charge is 0.381 e. The molecule has 2 aliphatic heterocycles. The van der Waals surface area contributed by atoms with E-state index in [1.807, 2.05) is 0 Å². The van der Waals surface area contributed by atoms with Gasteiger partial charge < -0.3 is 15.4 Å². The Morgan fingerprint density at radius 2 is 1.42 bits per heavy atom. The summed E-state index contributed by atoms with van der Waals surface area (Å²) in [6.45, 7) is 7.22. The first kappa shape index (κ1) is 15.2. The Kier molecular flexibility index (Phi) is 7.14. The Labute approximate surface area is 118 Å². The van der Waals surface area contributed by atoms with Crippen LogP contribution in [0.15, 0.2) is 0 Å². The molecule has 2 N–H and O–H groups in total. The Hall–Kier alpha value is -0.160. The van der Waals surface area contributed by atoms with E-state index in [9.17, 15) is 0 Å². The summed E-state index contributed by atoms with van der Waals surface area (Å²) in [5.74, 6) is 0. The number of ether oxygens (including phenoxy) is 1. The van der Waals surface area contributed by atoms with Gasteiger partial charge in [0.2, 0.25) is 0 Å². The minimum absolute atomic E-state index is 0.524. The van der Waals surface area contributed by atoms with E-state index in [-0.39, 0.29) is 0 Å². The monoisotopic (exact) mass is 269 g/mol. The summed E-state index contributed by atoms with van der Waals surface area (Å²) in [6, 6.07) is 0.942. The molecular weight excluding hydrogens is 238 g/mol. The molecule has 0 radical (unpaired) electrons. The van der Waals surface area contributed by atoms with Crippen LogP contribution < -0.4 is 10.6 Å². The molecule has 0 aromatic heterocycles. The van der Waals surface area contributed by atoms with E-state index in [2.05, 4.69) is 15.5 Å². The zero-order valence-corrected chi connectivity index (χ0v) is 12.5. The second-order valence-electron chi connectivity index (χ2n) is 5.91. The van der Waals surface area contributed by atoms with E-state index >= 15 is 0 Å². The highest BCUT2D eigenvalue weighted by atomic mass is 16.5. The summed E-state index contributed by atoms with van der Waals surface area (Å²) in [5, 5.41) is 6.67. The highest BCUT2D eigenvalue weighted by Crippen LogP contribution is 2.23. The van der Waals surface area contributed by atoms with Gasteiger partial charge in [-0.2, -0.15) is 0 Å². The van der Waals surface area contributed by atoms with Crippen LogP contribution in [0.3, 0.4) is 0 Å². The third-order valence-electron chi connectivity index (χ3n) is 4.61. The van der Waals surface area contributed by atoms with Gasteiger partial charge in [0.15, 0.2) is 0 Å². The molecule has 112 valence electrons.